The molecule has 0 aliphatic heterocycles. The molecule has 0 aliphatic carbocycles. The molecular formula is C35H42FN3O3. The van der Waals surface area contributed by atoms with Crippen molar-refractivity contribution in [3.8, 4) is 5.88 Å². The Bertz CT molecular complexity index is 1470. The number of benzene rings is 3. The van der Waals surface area contributed by atoms with Crippen molar-refractivity contribution in [2.24, 2.45) is 0 Å². The molecule has 6 nitrogen and oxygen atoms in total. The van der Waals surface area contributed by atoms with Gasteiger partial charge in [-0.3, -0.25) is 4.79 Å². The monoisotopic (exact) mass is 571 g/mol. The van der Waals surface area contributed by atoms with E-state index in [2.05, 4.69) is 50.4 Å². The third-order valence-corrected chi connectivity index (χ3v) is 6.66. The molecule has 1 heterocycles. The Labute approximate surface area is 248 Å². The zero-order valence-corrected chi connectivity index (χ0v) is 25.5. The van der Waals surface area contributed by atoms with Crippen molar-refractivity contribution in [3.63, 3.8) is 0 Å². The molecule has 4 aromatic rings. The van der Waals surface area contributed by atoms with Crippen molar-refractivity contribution in [3.05, 3.63) is 113 Å². The van der Waals surface area contributed by atoms with Crippen LogP contribution < -0.4 is 10.1 Å². The lowest BCUT2D eigenvalue weighted by Gasteiger charge is -2.19. The number of hydrogen-bond acceptors (Lipinski definition) is 5. The largest absolute Gasteiger partial charge is 0.473 e. The summed E-state index contributed by atoms with van der Waals surface area (Å²) in [5, 5.41) is 8.15. The van der Waals surface area contributed by atoms with Gasteiger partial charge < -0.3 is 14.8 Å². The van der Waals surface area contributed by atoms with Gasteiger partial charge in [-0.15, -0.1) is 0 Å². The zero-order valence-electron chi connectivity index (χ0n) is 25.5. The van der Waals surface area contributed by atoms with E-state index in [9.17, 15) is 9.18 Å². The summed E-state index contributed by atoms with van der Waals surface area (Å²) >= 11 is 0. The molecule has 0 saturated carbocycles. The Hall–Kier alpha value is -4.13. The molecule has 0 radical (unpaired) electrons. The highest BCUT2D eigenvalue weighted by Gasteiger charge is 2.21. The molecule has 3 aromatic carbocycles. The third-order valence-electron chi connectivity index (χ3n) is 6.66. The lowest BCUT2D eigenvalue weighted by atomic mass is 9.93. The maximum Gasteiger partial charge on any atom is 0.306 e. The number of aromatic nitrogens is 2. The highest BCUT2D eigenvalue weighted by atomic mass is 19.1. The summed E-state index contributed by atoms with van der Waals surface area (Å²) in [6.45, 7) is 13.5. The van der Waals surface area contributed by atoms with Gasteiger partial charge in [0, 0.05) is 30.1 Å². The maximum atomic E-state index is 14.7. The second-order valence-corrected chi connectivity index (χ2v) is 12.6. The first kappa shape index (κ1) is 30.8. The van der Waals surface area contributed by atoms with Crippen LogP contribution in [-0.4, -0.2) is 21.4 Å². The van der Waals surface area contributed by atoms with Crippen LogP contribution in [0.4, 0.5) is 10.1 Å². The molecule has 42 heavy (non-hydrogen) atoms. The zero-order chi connectivity index (χ0) is 30.3. The Balaban J connectivity index is 1.34. The van der Waals surface area contributed by atoms with E-state index in [0.29, 0.717) is 37.4 Å². The van der Waals surface area contributed by atoms with Gasteiger partial charge in [-0.25, -0.2) is 9.07 Å². The van der Waals surface area contributed by atoms with Crippen LogP contribution in [0, 0.1) is 5.82 Å². The molecule has 0 fully saturated rings. The minimum Gasteiger partial charge on any atom is -0.473 e. The SMILES string of the molecule is CC(C)(C)OC(=O)CCc1ccc(NCc2ccc(Cn3nc(C(C)(C)C)cc3OCc3ccccc3)cc2)cc1F. The number of aryl methyl sites for hydroxylation is 1. The Kier molecular flexibility index (Phi) is 9.71. The Morgan fingerprint density at radius 1 is 0.881 bits per heavy atom. The average molecular weight is 572 g/mol. The standard InChI is InChI=1S/C35H42FN3O3/c1-34(2,3)31-21-32(41-24-27-10-8-7-9-11-27)39(38-31)23-26-14-12-25(13-15-26)22-37-29-18-16-28(30(36)20-29)17-19-33(40)42-35(4,5)6/h7-16,18,20-21,37H,17,19,22-24H2,1-6H3. The van der Waals surface area contributed by atoms with Gasteiger partial charge in [-0.05, 0) is 61.6 Å². The van der Waals surface area contributed by atoms with Crippen LogP contribution in [0.1, 0.15) is 75.9 Å². The van der Waals surface area contributed by atoms with Crippen LogP contribution in [0.2, 0.25) is 0 Å². The van der Waals surface area contributed by atoms with Crippen LogP contribution in [0.5, 0.6) is 5.88 Å². The molecule has 1 N–H and O–H groups in total. The number of halogens is 1. The Morgan fingerprint density at radius 3 is 2.21 bits per heavy atom. The fraction of sp³-hybridized carbons (Fsp3) is 0.371. The summed E-state index contributed by atoms with van der Waals surface area (Å²) in [7, 11) is 0. The van der Waals surface area contributed by atoms with Crippen LogP contribution in [0.25, 0.3) is 0 Å². The summed E-state index contributed by atoms with van der Waals surface area (Å²) in [4.78, 5) is 12.0. The van der Waals surface area contributed by atoms with E-state index in [4.69, 9.17) is 14.6 Å². The summed E-state index contributed by atoms with van der Waals surface area (Å²) < 4.78 is 28.1. The number of anilines is 1. The maximum absolute atomic E-state index is 14.7. The number of nitrogens with zero attached hydrogens (tertiary/aromatic N) is 2. The van der Waals surface area contributed by atoms with E-state index in [0.717, 1.165) is 28.3 Å². The number of rotatable bonds is 11. The molecule has 1 aromatic heterocycles. The molecule has 7 heteroatoms. The summed E-state index contributed by atoms with van der Waals surface area (Å²) in [5.41, 5.74) is 4.80. The van der Waals surface area contributed by atoms with E-state index < -0.39 is 5.60 Å². The van der Waals surface area contributed by atoms with Crippen LogP contribution in [0.3, 0.4) is 0 Å². The smallest absolute Gasteiger partial charge is 0.306 e. The minimum absolute atomic E-state index is 0.0958. The molecule has 222 valence electrons. The lowest BCUT2D eigenvalue weighted by molar-refractivity contribution is -0.154. The number of hydrogen-bond donors (Lipinski definition) is 1. The molecule has 0 saturated heterocycles. The quantitative estimate of drug-likeness (QED) is 0.186. The molecule has 0 atom stereocenters. The number of carbonyl (C=O) groups excluding carboxylic acids is 1. The van der Waals surface area contributed by atoms with E-state index >= 15 is 0 Å². The molecule has 0 unspecified atom stereocenters. The van der Waals surface area contributed by atoms with Crippen molar-refractivity contribution >= 4 is 11.7 Å². The normalized spacial score (nSPS) is 11.8. The van der Waals surface area contributed by atoms with Crippen molar-refractivity contribution in [1.29, 1.82) is 0 Å². The second-order valence-electron chi connectivity index (χ2n) is 12.6. The van der Waals surface area contributed by atoms with Gasteiger partial charge in [0.25, 0.3) is 0 Å². The third kappa shape index (κ3) is 9.20. The predicted octanol–water partition coefficient (Wildman–Crippen LogP) is 7.83. The predicted molar refractivity (Wildman–Crippen MR) is 165 cm³/mol. The van der Waals surface area contributed by atoms with Crippen LogP contribution in [0.15, 0.2) is 78.9 Å². The van der Waals surface area contributed by atoms with E-state index in [-0.39, 0.29) is 23.6 Å². The van der Waals surface area contributed by atoms with Gasteiger partial charge in [-0.1, -0.05) is 81.4 Å². The molecule has 0 amide bonds. The van der Waals surface area contributed by atoms with E-state index in [1.807, 2.05) is 67.9 Å². The van der Waals surface area contributed by atoms with Gasteiger partial charge >= 0.3 is 5.97 Å². The summed E-state index contributed by atoms with van der Waals surface area (Å²) in [6, 6.07) is 25.5. The molecular weight excluding hydrogens is 529 g/mol. The van der Waals surface area contributed by atoms with Crippen LogP contribution >= 0.6 is 0 Å². The topological polar surface area (TPSA) is 65.4 Å². The minimum atomic E-state index is -0.545. The first-order chi connectivity index (χ1) is 19.9. The van der Waals surface area contributed by atoms with Gasteiger partial charge in [0.2, 0.25) is 5.88 Å². The highest BCUT2D eigenvalue weighted by molar-refractivity contribution is 5.70. The van der Waals surface area contributed by atoms with Gasteiger partial charge in [0.1, 0.15) is 18.0 Å². The Morgan fingerprint density at radius 2 is 1.57 bits per heavy atom. The number of nitrogens with one attached hydrogen (secondary N) is 1. The fourth-order valence-corrected chi connectivity index (χ4v) is 4.36. The van der Waals surface area contributed by atoms with E-state index in [1.54, 1.807) is 6.07 Å². The molecule has 4 rings (SSSR count). The summed E-state index contributed by atoms with van der Waals surface area (Å²) in [6.07, 6.45) is 0.443. The lowest BCUT2D eigenvalue weighted by Crippen LogP contribution is -2.24. The number of ether oxygens (including phenoxy) is 2. The van der Waals surface area contributed by atoms with Crippen molar-refractivity contribution in [2.45, 2.75) is 85.1 Å². The number of carbonyl (C=O) groups is 1. The van der Waals surface area contributed by atoms with Gasteiger partial charge in [0.05, 0.1) is 12.2 Å². The van der Waals surface area contributed by atoms with Crippen molar-refractivity contribution in [1.82, 2.24) is 9.78 Å². The number of esters is 1. The van der Waals surface area contributed by atoms with Crippen molar-refractivity contribution < 1.29 is 18.7 Å². The van der Waals surface area contributed by atoms with Crippen LogP contribution in [-0.2, 0) is 41.1 Å². The average Bonchev–Trinajstić information content (AvgIpc) is 3.34. The highest BCUT2D eigenvalue weighted by Crippen LogP contribution is 2.27. The van der Waals surface area contributed by atoms with Crippen molar-refractivity contribution in [2.75, 3.05) is 5.32 Å². The molecule has 0 aliphatic rings. The van der Waals surface area contributed by atoms with Gasteiger partial charge in [-0.2, -0.15) is 5.10 Å². The first-order valence-corrected chi connectivity index (χ1v) is 14.4. The fourth-order valence-electron chi connectivity index (χ4n) is 4.36. The molecule has 0 bridgehead atoms. The first-order valence-electron chi connectivity index (χ1n) is 14.4. The molecule has 0 spiro atoms. The van der Waals surface area contributed by atoms with Gasteiger partial charge in [0.15, 0.2) is 0 Å². The summed E-state index contributed by atoms with van der Waals surface area (Å²) in [5.74, 6) is 0.0785. The second kappa shape index (κ2) is 13.2. The van der Waals surface area contributed by atoms with E-state index in [1.165, 1.54) is 6.07 Å².